The van der Waals surface area contributed by atoms with Crippen LogP contribution >= 0.6 is 0 Å². The minimum absolute atomic E-state index is 0.00237. The molecule has 0 aromatic carbocycles. The molecule has 0 bridgehead atoms. The first kappa shape index (κ1) is 15.9. The van der Waals surface area contributed by atoms with E-state index in [0.717, 1.165) is 0 Å². The predicted molar refractivity (Wildman–Crippen MR) is 67.7 cm³/mol. The van der Waals surface area contributed by atoms with Gasteiger partial charge in [0, 0.05) is 20.1 Å². The van der Waals surface area contributed by atoms with Gasteiger partial charge in [0.2, 0.25) is 5.91 Å². The lowest BCUT2D eigenvalue weighted by atomic mass is 9.78. The molecule has 1 rings (SSSR count). The van der Waals surface area contributed by atoms with Gasteiger partial charge < -0.3 is 25.6 Å². The van der Waals surface area contributed by atoms with Crippen molar-refractivity contribution < 1.29 is 24.5 Å². The number of piperidine rings is 1. The van der Waals surface area contributed by atoms with E-state index < -0.39 is 17.4 Å². The van der Waals surface area contributed by atoms with Gasteiger partial charge in [0.25, 0.3) is 0 Å². The number of amides is 1. The summed E-state index contributed by atoms with van der Waals surface area (Å²) in [6, 6.07) is -1.05. The maximum absolute atomic E-state index is 12.3. The smallest absolute Gasteiger partial charge is 0.326 e. The number of hydrogen-bond acceptors (Lipinski definition) is 5. The van der Waals surface area contributed by atoms with Crippen molar-refractivity contribution in [2.45, 2.75) is 25.3 Å². The first-order valence-corrected chi connectivity index (χ1v) is 6.40. The molecule has 7 nitrogen and oxygen atoms in total. The van der Waals surface area contributed by atoms with Crippen molar-refractivity contribution in [3.8, 4) is 0 Å². The molecule has 0 spiro atoms. The van der Waals surface area contributed by atoms with Gasteiger partial charge in [-0.15, -0.1) is 0 Å². The Balaban J connectivity index is 2.73. The van der Waals surface area contributed by atoms with Gasteiger partial charge in [-0.2, -0.15) is 0 Å². The van der Waals surface area contributed by atoms with Crippen molar-refractivity contribution in [2.75, 3.05) is 33.4 Å². The number of aliphatic hydroxyl groups excluding tert-OH is 1. The number of methoxy groups -OCH3 is 1. The molecular formula is C12H22N2O5. The molecule has 1 atom stereocenters. The molecule has 0 aromatic heterocycles. The maximum atomic E-state index is 12.3. The molecule has 1 aliphatic rings. The molecular weight excluding hydrogens is 252 g/mol. The van der Waals surface area contributed by atoms with Crippen LogP contribution in [0.5, 0.6) is 0 Å². The zero-order chi connectivity index (χ0) is 14.3. The largest absolute Gasteiger partial charge is 0.480 e. The average Bonchev–Trinajstić information content (AvgIpc) is 2.39. The summed E-state index contributed by atoms with van der Waals surface area (Å²) >= 11 is 0. The lowest BCUT2D eigenvalue weighted by molar-refractivity contribution is -0.146. The third-order valence-corrected chi connectivity index (χ3v) is 3.48. The second-order valence-corrected chi connectivity index (χ2v) is 4.84. The molecule has 0 aromatic rings. The SMILES string of the molecule is COCC1(C(=O)N[C@H](CCO)C(=O)O)CCNCC1. The Hall–Kier alpha value is -1.18. The lowest BCUT2D eigenvalue weighted by Gasteiger charge is -2.36. The van der Waals surface area contributed by atoms with Crippen LogP contribution in [0.1, 0.15) is 19.3 Å². The predicted octanol–water partition coefficient (Wildman–Crippen LogP) is -1.05. The second kappa shape index (κ2) is 7.42. The first-order valence-electron chi connectivity index (χ1n) is 6.40. The third-order valence-electron chi connectivity index (χ3n) is 3.48. The maximum Gasteiger partial charge on any atom is 0.326 e. The number of aliphatic carboxylic acids is 1. The number of carboxylic acids is 1. The van der Waals surface area contributed by atoms with Gasteiger partial charge in [-0.1, -0.05) is 0 Å². The lowest BCUT2D eigenvalue weighted by Crippen LogP contribution is -2.54. The molecule has 110 valence electrons. The van der Waals surface area contributed by atoms with Crippen molar-refractivity contribution in [2.24, 2.45) is 5.41 Å². The summed E-state index contributed by atoms with van der Waals surface area (Å²) in [5, 5.41) is 23.5. The highest BCUT2D eigenvalue weighted by molar-refractivity contribution is 5.87. The number of rotatable bonds is 7. The zero-order valence-corrected chi connectivity index (χ0v) is 11.1. The summed E-state index contributed by atoms with van der Waals surface area (Å²) in [6.07, 6.45) is 1.22. The molecule has 1 aliphatic heterocycles. The van der Waals surface area contributed by atoms with E-state index in [1.807, 2.05) is 0 Å². The molecule has 0 saturated carbocycles. The zero-order valence-electron chi connectivity index (χ0n) is 11.1. The number of ether oxygens (including phenoxy) is 1. The summed E-state index contributed by atoms with van der Waals surface area (Å²) in [5.74, 6) is -1.44. The molecule has 1 fully saturated rings. The number of aliphatic hydroxyl groups is 1. The van der Waals surface area contributed by atoms with Crippen LogP contribution in [-0.2, 0) is 14.3 Å². The van der Waals surface area contributed by atoms with Gasteiger partial charge in [0.1, 0.15) is 6.04 Å². The Labute approximate surface area is 112 Å². The topological polar surface area (TPSA) is 108 Å². The molecule has 4 N–H and O–H groups in total. The summed E-state index contributed by atoms with van der Waals surface area (Å²) in [4.78, 5) is 23.3. The van der Waals surface area contributed by atoms with E-state index in [2.05, 4.69) is 10.6 Å². The van der Waals surface area contributed by atoms with Crippen LogP contribution in [0.3, 0.4) is 0 Å². The van der Waals surface area contributed by atoms with Gasteiger partial charge >= 0.3 is 5.97 Å². The Morgan fingerprint density at radius 3 is 2.53 bits per heavy atom. The monoisotopic (exact) mass is 274 g/mol. The van der Waals surface area contributed by atoms with Gasteiger partial charge in [-0.05, 0) is 25.9 Å². The van der Waals surface area contributed by atoms with Crippen LogP contribution in [0.25, 0.3) is 0 Å². The average molecular weight is 274 g/mol. The number of nitrogens with one attached hydrogen (secondary N) is 2. The first-order chi connectivity index (χ1) is 9.05. The summed E-state index contributed by atoms with van der Waals surface area (Å²) in [6.45, 7) is 1.39. The highest BCUT2D eigenvalue weighted by Crippen LogP contribution is 2.29. The van der Waals surface area contributed by atoms with E-state index in [4.69, 9.17) is 14.9 Å². The third kappa shape index (κ3) is 4.15. The molecule has 1 amide bonds. The van der Waals surface area contributed by atoms with Crippen molar-refractivity contribution in [3.63, 3.8) is 0 Å². The van der Waals surface area contributed by atoms with Crippen LogP contribution in [0, 0.1) is 5.41 Å². The van der Waals surface area contributed by atoms with E-state index in [0.29, 0.717) is 25.9 Å². The molecule has 19 heavy (non-hydrogen) atoms. The van der Waals surface area contributed by atoms with Gasteiger partial charge in [-0.3, -0.25) is 4.79 Å². The van der Waals surface area contributed by atoms with Gasteiger partial charge in [0.05, 0.1) is 12.0 Å². The summed E-state index contributed by atoms with van der Waals surface area (Å²) < 4.78 is 5.12. The van der Waals surface area contributed by atoms with E-state index >= 15 is 0 Å². The van der Waals surface area contributed by atoms with Crippen molar-refractivity contribution >= 4 is 11.9 Å². The number of carboxylic acid groups (broad SMARTS) is 1. The van der Waals surface area contributed by atoms with Gasteiger partial charge in [-0.25, -0.2) is 4.79 Å². The van der Waals surface area contributed by atoms with Crippen molar-refractivity contribution in [3.05, 3.63) is 0 Å². The fourth-order valence-corrected chi connectivity index (χ4v) is 2.32. The van der Waals surface area contributed by atoms with Crippen LogP contribution in [0.4, 0.5) is 0 Å². The Bertz CT molecular complexity index is 310. The minimum Gasteiger partial charge on any atom is -0.480 e. The standard InChI is InChI=1S/C12H22N2O5/c1-19-8-12(3-5-13-6-4-12)11(18)14-9(2-7-15)10(16)17/h9,13,15H,2-8H2,1H3,(H,14,18)(H,16,17)/t9-/m1/s1. The van der Waals surface area contributed by atoms with Crippen molar-refractivity contribution in [1.29, 1.82) is 0 Å². The molecule has 7 heteroatoms. The normalized spacial score (nSPS) is 19.7. The van der Waals surface area contributed by atoms with E-state index in [-0.39, 0.29) is 25.5 Å². The molecule has 1 heterocycles. The summed E-state index contributed by atoms with van der Waals surface area (Å²) in [5.41, 5.74) is -0.677. The molecule has 0 unspecified atom stereocenters. The molecule has 0 radical (unpaired) electrons. The van der Waals surface area contributed by atoms with E-state index in [1.54, 1.807) is 0 Å². The highest BCUT2D eigenvalue weighted by atomic mass is 16.5. The van der Waals surface area contributed by atoms with Crippen molar-refractivity contribution in [1.82, 2.24) is 10.6 Å². The quantitative estimate of drug-likeness (QED) is 0.472. The minimum atomic E-state index is -1.14. The number of hydrogen-bond donors (Lipinski definition) is 4. The van der Waals surface area contributed by atoms with Gasteiger partial charge in [0.15, 0.2) is 0 Å². The van der Waals surface area contributed by atoms with Crippen LogP contribution < -0.4 is 10.6 Å². The van der Waals surface area contributed by atoms with Crippen LogP contribution in [0.15, 0.2) is 0 Å². The Kier molecular flexibility index (Phi) is 6.20. The van der Waals surface area contributed by atoms with Crippen LogP contribution in [0.2, 0.25) is 0 Å². The fourth-order valence-electron chi connectivity index (χ4n) is 2.32. The van der Waals surface area contributed by atoms with Crippen LogP contribution in [-0.4, -0.2) is 61.5 Å². The Morgan fingerprint density at radius 1 is 1.42 bits per heavy atom. The van der Waals surface area contributed by atoms with E-state index in [1.165, 1.54) is 7.11 Å². The second-order valence-electron chi connectivity index (χ2n) is 4.84. The fraction of sp³-hybridized carbons (Fsp3) is 0.833. The Morgan fingerprint density at radius 2 is 2.05 bits per heavy atom. The number of carbonyl (C=O) groups is 2. The molecule has 0 aliphatic carbocycles. The highest BCUT2D eigenvalue weighted by Gasteiger charge is 2.41. The van der Waals surface area contributed by atoms with E-state index in [9.17, 15) is 9.59 Å². The molecule has 1 saturated heterocycles. The number of carbonyl (C=O) groups excluding carboxylic acids is 1. The summed E-state index contributed by atoms with van der Waals surface area (Å²) in [7, 11) is 1.53.